The number of benzene rings is 2. The van der Waals surface area contributed by atoms with Gasteiger partial charge in [-0.2, -0.15) is 0 Å². The van der Waals surface area contributed by atoms with E-state index in [-0.39, 0.29) is 18.0 Å². The molecule has 2 aromatic rings. The minimum atomic E-state index is -1.53. The second kappa shape index (κ2) is 6.58. The van der Waals surface area contributed by atoms with E-state index in [2.05, 4.69) is 0 Å². The van der Waals surface area contributed by atoms with Crippen LogP contribution in [0.25, 0.3) is 11.1 Å². The maximum Gasteiger partial charge on any atom is 0.308 e. The normalized spacial score (nSPS) is 16.9. The van der Waals surface area contributed by atoms with Crippen molar-refractivity contribution in [2.75, 3.05) is 13.1 Å². The van der Waals surface area contributed by atoms with Gasteiger partial charge in [0.05, 0.1) is 5.92 Å². The average molecular weight is 349 g/mol. The van der Waals surface area contributed by atoms with Gasteiger partial charge in [-0.1, -0.05) is 12.1 Å². The van der Waals surface area contributed by atoms with Crippen LogP contribution in [0.5, 0.6) is 0 Å². The van der Waals surface area contributed by atoms with E-state index in [0.717, 1.165) is 12.1 Å². The van der Waals surface area contributed by atoms with Crippen molar-refractivity contribution in [3.8, 4) is 11.1 Å². The highest BCUT2D eigenvalue weighted by Gasteiger charge is 2.31. The number of rotatable bonds is 3. The van der Waals surface area contributed by atoms with Gasteiger partial charge in [0.25, 0.3) is 5.91 Å². The monoisotopic (exact) mass is 349 g/mol. The molecular weight excluding hydrogens is 335 g/mol. The van der Waals surface area contributed by atoms with Crippen LogP contribution >= 0.6 is 0 Å². The minimum absolute atomic E-state index is 0.155. The Morgan fingerprint density at radius 2 is 1.60 bits per heavy atom. The van der Waals surface area contributed by atoms with Crippen LogP contribution < -0.4 is 0 Å². The van der Waals surface area contributed by atoms with E-state index in [9.17, 15) is 22.8 Å². The van der Waals surface area contributed by atoms with E-state index in [0.29, 0.717) is 24.1 Å². The van der Waals surface area contributed by atoms with Gasteiger partial charge in [-0.25, -0.2) is 13.2 Å². The first kappa shape index (κ1) is 17.0. The number of hydrogen-bond donors (Lipinski definition) is 1. The summed E-state index contributed by atoms with van der Waals surface area (Å²) in [6.07, 6.45) is 0.410. The van der Waals surface area contributed by atoms with Crippen molar-refractivity contribution in [2.24, 2.45) is 5.92 Å². The number of nitrogens with zero attached hydrogens (tertiary/aromatic N) is 1. The molecule has 0 saturated carbocycles. The molecule has 1 atom stereocenters. The highest BCUT2D eigenvalue weighted by molar-refractivity contribution is 5.95. The standard InChI is InChI=1S/C18H14F3NO3/c19-14-7-13(8-15(20)16(14)21)10-1-3-11(4-2-10)17(23)22-6-5-12(9-22)18(24)25/h1-4,7-8,12H,5-6,9H2,(H,24,25)/t12-/m1/s1. The van der Waals surface area contributed by atoms with E-state index >= 15 is 0 Å². The number of halogens is 3. The first-order valence-corrected chi connectivity index (χ1v) is 7.64. The Kier molecular flexibility index (Phi) is 4.48. The van der Waals surface area contributed by atoms with Crippen molar-refractivity contribution >= 4 is 11.9 Å². The molecule has 130 valence electrons. The van der Waals surface area contributed by atoms with Gasteiger partial charge in [0, 0.05) is 18.7 Å². The van der Waals surface area contributed by atoms with Gasteiger partial charge in [-0.3, -0.25) is 9.59 Å². The number of carboxylic acid groups (broad SMARTS) is 1. The van der Waals surface area contributed by atoms with Gasteiger partial charge in [-0.15, -0.1) is 0 Å². The lowest BCUT2D eigenvalue weighted by Gasteiger charge is -2.16. The summed E-state index contributed by atoms with van der Waals surface area (Å²) in [5, 5.41) is 8.98. The summed E-state index contributed by atoms with van der Waals surface area (Å²) in [4.78, 5) is 24.8. The van der Waals surface area contributed by atoms with Crippen LogP contribution in [-0.2, 0) is 4.79 Å². The Morgan fingerprint density at radius 3 is 2.12 bits per heavy atom. The SMILES string of the molecule is O=C(O)[C@@H]1CCN(C(=O)c2ccc(-c3cc(F)c(F)c(F)c3)cc2)C1. The minimum Gasteiger partial charge on any atom is -0.481 e. The van der Waals surface area contributed by atoms with Gasteiger partial charge in [0.2, 0.25) is 0 Å². The van der Waals surface area contributed by atoms with Gasteiger partial charge in [0.1, 0.15) is 0 Å². The largest absolute Gasteiger partial charge is 0.481 e. The highest BCUT2D eigenvalue weighted by Crippen LogP contribution is 2.25. The van der Waals surface area contributed by atoms with Crippen LogP contribution in [0.1, 0.15) is 16.8 Å². The number of carbonyl (C=O) groups is 2. The Balaban J connectivity index is 1.79. The zero-order chi connectivity index (χ0) is 18.1. The number of hydrogen-bond acceptors (Lipinski definition) is 2. The van der Waals surface area contributed by atoms with Crippen molar-refractivity contribution in [3.63, 3.8) is 0 Å². The summed E-state index contributed by atoms with van der Waals surface area (Å²) < 4.78 is 39.6. The zero-order valence-corrected chi connectivity index (χ0v) is 13.0. The summed E-state index contributed by atoms with van der Waals surface area (Å²) >= 11 is 0. The number of amides is 1. The molecule has 3 rings (SSSR count). The van der Waals surface area contributed by atoms with Crippen LogP contribution in [0.4, 0.5) is 13.2 Å². The summed E-state index contributed by atoms with van der Waals surface area (Å²) in [5.41, 5.74) is 0.930. The molecule has 1 saturated heterocycles. The van der Waals surface area contributed by atoms with Crippen molar-refractivity contribution < 1.29 is 27.9 Å². The lowest BCUT2D eigenvalue weighted by molar-refractivity contribution is -0.141. The quantitative estimate of drug-likeness (QED) is 0.865. The molecule has 0 bridgehead atoms. The molecule has 0 aliphatic carbocycles. The third kappa shape index (κ3) is 3.35. The summed E-state index contributed by atoms with van der Waals surface area (Å²) in [6, 6.07) is 7.75. The molecule has 1 heterocycles. The van der Waals surface area contributed by atoms with Crippen LogP contribution in [0.3, 0.4) is 0 Å². The van der Waals surface area contributed by atoms with Gasteiger partial charge in [-0.05, 0) is 41.8 Å². The molecule has 0 radical (unpaired) electrons. The molecule has 2 aromatic carbocycles. The molecule has 4 nitrogen and oxygen atoms in total. The smallest absolute Gasteiger partial charge is 0.308 e. The maximum atomic E-state index is 13.3. The molecule has 7 heteroatoms. The van der Waals surface area contributed by atoms with E-state index in [4.69, 9.17) is 5.11 Å². The Bertz CT molecular complexity index is 813. The Morgan fingerprint density at radius 1 is 1.00 bits per heavy atom. The fourth-order valence-electron chi connectivity index (χ4n) is 2.86. The lowest BCUT2D eigenvalue weighted by atomic mass is 10.0. The number of likely N-dealkylation sites (tertiary alicyclic amines) is 1. The molecule has 0 aromatic heterocycles. The summed E-state index contributed by atoms with van der Waals surface area (Å²) in [6.45, 7) is 0.524. The van der Waals surface area contributed by atoms with Crippen molar-refractivity contribution in [1.29, 1.82) is 0 Å². The second-order valence-electron chi connectivity index (χ2n) is 5.91. The summed E-state index contributed by atoms with van der Waals surface area (Å²) in [7, 11) is 0. The molecule has 25 heavy (non-hydrogen) atoms. The molecule has 1 N–H and O–H groups in total. The van der Waals surface area contributed by atoms with Crippen molar-refractivity contribution in [3.05, 3.63) is 59.4 Å². The number of aliphatic carboxylic acids is 1. The van der Waals surface area contributed by atoms with E-state index < -0.39 is 29.3 Å². The van der Waals surface area contributed by atoms with Gasteiger partial charge < -0.3 is 10.0 Å². The molecule has 1 fully saturated rings. The third-order valence-electron chi connectivity index (χ3n) is 4.27. The topological polar surface area (TPSA) is 57.6 Å². The van der Waals surface area contributed by atoms with E-state index in [1.165, 1.54) is 29.2 Å². The van der Waals surface area contributed by atoms with Crippen LogP contribution in [0.2, 0.25) is 0 Å². The van der Waals surface area contributed by atoms with Crippen LogP contribution in [0.15, 0.2) is 36.4 Å². The van der Waals surface area contributed by atoms with Crippen LogP contribution in [-0.4, -0.2) is 35.0 Å². The highest BCUT2D eigenvalue weighted by atomic mass is 19.2. The van der Waals surface area contributed by atoms with Crippen LogP contribution in [0, 0.1) is 23.4 Å². The molecule has 1 amide bonds. The summed E-state index contributed by atoms with van der Waals surface area (Å²) in [5.74, 6) is -5.89. The lowest BCUT2D eigenvalue weighted by Crippen LogP contribution is -2.29. The van der Waals surface area contributed by atoms with Gasteiger partial charge >= 0.3 is 5.97 Å². The molecule has 1 aliphatic rings. The first-order valence-electron chi connectivity index (χ1n) is 7.64. The average Bonchev–Trinajstić information content (AvgIpc) is 3.09. The van der Waals surface area contributed by atoms with Crippen molar-refractivity contribution in [1.82, 2.24) is 4.90 Å². The zero-order valence-electron chi connectivity index (χ0n) is 13.0. The molecule has 1 aliphatic heterocycles. The third-order valence-corrected chi connectivity index (χ3v) is 4.27. The Labute approximate surface area is 141 Å². The first-order chi connectivity index (χ1) is 11.9. The number of carbonyl (C=O) groups excluding carboxylic acids is 1. The molecule has 0 unspecified atom stereocenters. The van der Waals surface area contributed by atoms with Crippen molar-refractivity contribution in [2.45, 2.75) is 6.42 Å². The fourth-order valence-corrected chi connectivity index (χ4v) is 2.86. The number of carboxylic acids is 1. The Hall–Kier alpha value is -2.83. The predicted molar refractivity (Wildman–Crippen MR) is 83.4 cm³/mol. The molecular formula is C18H14F3NO3. The van der Waals surface area contributed by atoms with E-state index in [1.807, 2.05) is 0 Å². The fraction of sp³-hybridized carbons (Fsp3) is 0.222. The van der Waals surface area contributed by atoms with E-state index in [1.54, 1.807) is 0 Å². The van der Waals surface area contributed by atoms with Gasteiger partial charge in [0.15, 0.2) is 17.5 Å². The second-order valence-corrected chi connectivity index (χ2v) is 5.91. The predicted octanol–water partition coefficient (Wildman–Crippen LogP) is 3.32. The maximum absolute atomic E-state index is 13.3. The molecule has 0 spiro atoms.